The summed E-state index contributed by atoms with van der Waals surface area (Å²) in [6.07, 6.45) is 4.34. The number of β-lactam (4-membered cyclic amide) rings is 1. The maximum absolute atomic E-state index is 12.8. The summed E-state index contributed by atoms with van der Waals surface area (Å²) in [4.78, 5) is 77.2. The molecule has 0 aromatic rings. The van der Waals surface area contributed by atoms with E-state index in [2.05, 4.69) is 10.6 Å². The molecule has 0 radical (unpaired) electrons. The molecule has 0 saturated carbocycles. The lowest BCUT2D eigenvalue weighted by Crippen LogP contribution is -2.70. The fourth-order valence-electron chi connectivity index (χ4n) is 4.70. The molecule has 35 heavy (non-hydrogen) atoms. The Kier molecular flexibility index (Phi) is 6.38. The number of hydrogen-bond donors (Lipinski definition) is 3. The summed E-state index contributed by atoms with van der Waals surface area (Å²) >= 11 is 1.34. The number of carboxylic acid groups (broad SMARTS) is 1. The van der Waals surface area contributed by atoms with Crippen molar-refractivity contribution >= 4 is 47.4 Å². The first-order valence-corrected chi connectivity index (χ1v) is 12.1. The van der Waals surface area contributed by atoms with Gasteiger partial charge < -0.3 is 25.5 Å². The maximum Gasteiger partial charge on any atom is 0.328 e. The molecule has 3 saturated heterocycles. The number of thioether (sulfide) groups is 1. The predicted octanol–water partition coefficient (Wildman–Crippen LogP) is -0.377. The zero-order valence-electron chi connectivity index (χ0n) is 19.6. The number of nitrogens with zero attached hydrogens (tertiary/aromatic N) is 3. The van der Waals surface area contributed by atoms with Crippen LogP contribution in [-0.2, 0) is 24.0 Å². The third-order valence-corrected chi connectivity index (χ3v) is 8.15. The lowest BCUT2D eigenvalue weighted by Gasteiger charge is -2.43. The number of aliphatic carboxylic acids is 1. The Balaban J connectivity index is 1.40. The molecule has 0 spiro atoms. The van der Waals surface area contributed by atoms with E-state index in [4.69, 9.17) is 0 Å². The van der Waals surface area contributed by atoms with Crippen LogP contribution >= 0.6 is 11.8 Å². The molecule has 0 unspecified atom stereocenters. The second kappa shape index (κ2) is 9.02. The number of urea groups is 1. The lowest BCUT2D eigenvalue weighted by atomic mass is 9.95. The topological polar surface area (TPSA) is 156 Å². The van der Waals surface area contributed by atoms with E-state index in [9.17, 15) is 33.9 Å². The van der Waals surface area contributed by atoms with E-state index < -0.39 is 57.8 Å². The minimum absolute atomic E-state index is 0.0683. The molecular weight excluding hydrogens is 478 g/mol. The number of carbonyl (C=O) groups is 6. The molecule has 3 N–H and O–H groups in total. The fraction of sp³-hybridized carbons (Fsp3) is 0.545. The largest absolute Gasteiger partial charge is 0.480 e. The van der Waals surface area contributed by atoms with Gasteiger partial charge in [0.2, 0.25) is 11.8 Å². The quantitative estimate of drug-likeness (QED) is 0.259. The van der Waals surface area contributed by atoms with Crippen LogP contribution in [0.15, 0.2) is 23.4 Å². The van der Waals surface area contributed by atoms with Crippen LogP contribution in [0.3, 0.4) is 0 Å². The number of rotatable bonds is 5. The number of hydrogen-bond acceptors (Lipinski definition) is 7. The van der Waals surface area contributed by atoms with E-state index in [1.54, 1.807) is 13.8 Å². The highest BCUT2D eigenvalue weighted by Gasteiger charge is 2.64. The zero-order chi connectivity index (χ0) is 25.7. The molecule has 0 bridgehead atoms. The van der Waals surface area contributed by atoms with Crippen molar-refractivity contribution in [1.82, 2.24) is 25.3 Å². The number of fused-ring (bicyclic) bond motifs is 1. The van der Waals surface area contributed by atoms with Gasteiger partial charge in [-0.2, -0.15) is 0 Å². The van der Waals surface area contributed by atoms with E-state index in [0.717, 1.165) is 4.90 Å². The smallest absolute Gasteiger partial charge is 0.328 e. The molecule has 0 aromatic heterocycles. The van der Waals surface area contributed by atoms with E-state index in [1.807, 2.05) is 12.2 Å². The van der Waals surface area contributed by atoms with Gasteiger partial charge in [0.05, 0.1) is 0 Å². The third kappa shape index (κ3) is 4.40. The average Bonchev–Trinajstić information content (AvgIpc) is 3.05. The van der Waals surface area contributed by atoms with Crippen LogP contribution in [0.5, 0.6) is 0 Å². The average molecular weight is 506 g/mol. The SMILES string of the molecule is CN1CCN(C(=O)NC2=C(CC(=O)N[C@@H]3C(=O)N4[C@@H]3SC(C)(C)[C@@H]4C(=O)O)CC=CC2)C(=O)C1=O. The van der Waals surface area contributed by atoms with Gasteiger partial charge in [-0.15, -0.1) is 11.8 Å². The van der Waals surface area contributed by atoms with Crippen molar-refractivity contribution < 1.29 is 33.9 Å². The Morgan fingerprint density at radius 1 is 1.11 bits per heavy atom. The van der Waals surface area contributed by atoms with Crippen LogP contribution in [0.1, 0.15) is 33.1 Å². The second-order valence-electron chi connectivity index (χ2n) is 9.40. The van der Waals surface area contributed by atoms with Gasteiger partial charge in [-0.1, -0.05) is 12.2 Å². The maximum atomic E-state index is 12.8. The summed E-state index contributed by atoms with van der Waals surface area (Å²) in [5.41, 5.74) is 1.09. The first-order valence-electron chi connectivity index (χ1n) is 11.2. The van der Waals surface area contributed by atoms with Crippen molar-refractivity contribution in [2.24, 2.45) is 0 Å². The Bertz CT molecular complexity index is 1080. The van der Waals surface area contributed by atoms with Gasteiger partial charge in [-0.05, 0) is 25.8 Å². The Hall–Kier alpha value is -3.35. The number of imide groups is 1. The summed E-state index contributed by atoms with van der Waals surface area (Å²) in [7, 11) is 1.49. The summed E-state index contributed by atoms with van der Waals surface area (Å²) in [5, 5.41) is 14.4. The van der Waals surface area contributed by atoms with Gasteiger partial charge >= 0.3 is 23.8 Å². The molecule has 3 heterocycles. The van der Waals surface area contributed by atoms with Crippen LogP contribution in [0.25, 0.3) is 0 Å². The molecule has 4 rings (SSSR count). The van der Waals surface area contributed by atoms with Gasteiger partial charge in [-0.25, -0.2) is 9.59 Å². The molecule has 0 aromatic carbocycles. The first kappa shape index (κ1) is 24.8. The number of piperazine rings is 1. The summed E-state index contributed by atoms with van der Waals surface area (Å²) < 4.78 is -0.693. The second-order valence-corrected chi connectivity index (χ2v) is 11.2. The molecule has 3 fully saturated rings. The van der Waals surface area contributed by atoms with E-state index in [1.165, 1.54) is 28.6 Å². The number of carbonyl (C=O) groups excluding carboxylic acids is 5. The highest BCUT2D eigenvalue weighted by atomic mass is 32.2. The van der Waals surface area contributed by atoms with Gasteiger partial charge in [0, 0.05) is 43.4 Å². The molecule has 3 aliphatic heterocycles. The number of allylic oxidation sites excluding steroid dienone is 2. The standard InChI is InChI=1S/C22H27N5O7S/c1-22(2)15(20(32)33)27-16(29)14(19(27)35-22)24-13(28)10-11-6-4-5-7-12(11)23-21(34)26-9-8-25(3)17(30)18(26)31/h4-5,14-15,19H,6-10H2,1-3H3,(H,23,34)(H,24,28)(H,32,33)/t14-,15+,19-/m1/s1. The zero-order valence-corrected chi connectivity index (χ0v) is 20.4. The predicted molar refractivity (Wildman–Crippen MR) is 124 cm³/mol. The van der Waals surface area contributed by atoms with E-state index in [0.29, 0.717) is 24.1 Å². The highest BCUT2D eigenvalue weighted by molar-refractivity contribution is 8.01. The molecule has 188 valence electrons. The van der Waals surface area contributed by atoms with Gasteiger partial charge in [0.15, 0.2) is 0 Å². The summed E-state index contributed by atoms with van der Waals surface area (Å²) in [6, 6.07) is -2.51. The molecule has 1 aliphatic carbocycles. The summed E-state index contributed by atoms with van der Waals surface area (Å²) in [5.74, 6) is -3.61. The number of likely N-dealkylation sites (N-methyl/N-ethyl adjacent to an activating group) is 1. The molecular formula is C22H27N5O7S. The van der Waals surface area contributed by atoms with Gasteiger partial charge in [0.25, 0.3) is 0 Å². The number of nitrogens with one attached hydrogen (secondary N) is 2. The van der Waals surface area contributed by atoms with Gasteiger partial charge in [-0.3, -0.25) is 24.1 Å². The Morgan fingerprint density at radius 2 is 1.80 bits per heavy atom. The fourth-order valence-corrected chi connectivity index (χ4v) is 6.32. The monoisotopic (exact) mass is 505 g/mol. The van der Waals surface area contributed by atoms with E-state index in [-0.39, 0.29) is 19.5 Å². The molecule has 13 heteroatoms. The Labute approximate surface area is 205 Å². The minimum atomic E-state index is -1.08. The van der Waals surface area contributed by atoms with Crippen LogP contribution in [0.4, 0.5) is 4.79 Å². The van der Waals surface area contributed by atoms with Crippen LogP contribution < -0.4 is 10.6 Å². The molecule has 12 nitrogen and oxygen atoms in total. The normalized spacial score (nSPS) is 27.6. The van der Waals surface area contributed by atoms with Crippen LogP contribution in [-0.4, -0.2) is 97.8 Å². The minimum Gasteiger partial charge on any atom is -0.480 e. The van der Waals surface area contributed by atoms with Crippen LogP contribution in [0.2, 0.25) is 0 Å². The van der Waals surface area contributed by atoms with Crippen molar-refractivity contribution in [3.8, 4) is 0 Å². The molecule has 6 amide bonds. The molecule has 3 atom stereocenters. The lowest BCUT2D eigenvalue weighted by molar-refractivity contribution is -0.161. The summed E-state index contributed by atoms with van der Waals surface area (Å²) in [6.45, 7) is 3.82. The Morgan fingerprint density at radius 3 is 2.49 bits per heavy atom. The number of carboxylic acids is 1. The van der Waals surface area contributed by atoms with Crippen molar-refractivity contribution in [3.05, 3.63) is 23.4 Å². The number of amides is 6. The van der Waals surface area contributed by atoms with Crippen molar-refractivity contribution in [2.45, 2.75) is 55.3 Å². The van der Waals surface area contributed by atoms with E-state index >= 15 is 0 Å². The third-order valence-electron chi connectivity index (χ3n) is 6.58. The van der Waals surface area contributed by atoms with Crippen molar-refractivity contribution in [2.75, 3.05) is 20.1 Å². The first-order chi connectivity index (χ1) is 16.4. The van der Waals surface area contributed by atoms with Crippen molar-refractivity contribution in [3.63, 3.8) is 0 Å². The van der Waals surface area contributed by atoms with Crippen molar-refractivity contribution in [1.29, 1.82) is 0 Å². The molecule has 4 aliphatic rings. The van der Waals surface area contributed by atoms with Crippen LogP contribution in [0, 0.1) is 0 Å². The van der Waals surface area contributed by atoms with Gasteiger partial charge in [0.1, 0.15) is 17.5 Å². The highest BCUT2D eigenvalue weighted by Crippen LogP contribution is 2.50.